The molecule has 0 atom stereocenters. The number of aromatic carboxylic acids is 1. The molecule has 2 heterocycles. The number of aryl methyl sites for hydroxylation is 1. The molecule has 0 unspecified atom stereocenters. The van der Waals surface area contributed by atoms with E-state index in [4.69, 9.17) is 9.84 Å². The van der Waals surface area contributed by atoms with Crippen LogP contribution in [0, 0.1) is 0 Å². The maximum Gasteiger partial charge on any atom is 0.354 e. The Balaban J connectivity index is 1.47. The fourth-order valence-corrected chi connectivity index (χ4v) is 2.54. The summed E-state index contributed by atoms with van der Waals surface area (Å²) in [4.78, 5) is 37.7. The van der Waals surface area contributed by atoms with Crippen LogP contribution in [-0.4, -0.2) is 41.0 Å². The number of rotatable bonds is 6. The highest BCUT2D eigenvalue weighted by molar-refractivity contribution is 5.95. The highest BCUT2D eigenvalue weighted by atomic mass is 16.5. The molecule has 1 aromatic heterocycles. The van der Waals surface area contributed by atoms with Crippen LogP contribution in [0.1, 0.15) is 32.8 Å². The van der Waals surface area contributed by atoms with E-state index in [2.05, 4.69) is 15.6 Å². The first-order valence-corrected chi connectivity index (χ1v) is 8.06. The number of nitrogens with one attached hydrogen (secondary N) is 2. The average Bonchev–Trinajstić information content (AvgIpc) is 2.65. The van der Waals surface area contributed by atoms with Crippen molar-refractivity contribution in [1.29, 1.82) is 0 Å². The number of aromatic nitrogens is 1. The first-order valence-electron chi connectivity index (χ1n) is 8.06. The Kier molecular flexibility index (Phi) is 5.12. The molecule has 134 valence electrons. The zero-order valence-electron chi connectivity index (χ0n) is 13.8. The Bertz CT molecular complexity index is 848. The van der Waals surface area contributed by atoms with Gasteiger partial charge in [0.05, 0.1) is 12.1 Å². The summed E-state index contributed by atoms with van der Waals surface area (Å²) in [5.74, 6) is -0.817. The quantitative estimate of drug-likeness (QED) is 0.676. The van der Waals surface area contributed by atoms with Gasteiger partial charge in [0, 0.05) is 18.3 Å². The molecule has 8 nitrogen and oxygen atoms in total. The number of nitrogens with zero attached hydrogens (tertiary/aromatic N) is 1. The van der Waals surface area contributed by atoms with Gasteiger partial charge in [0.1, 0.15) is 18.1 Å². The summed E-state index contributed by atoms with van der Waals surface area (Å²) in [5.41, 5.74) is 1.99. The van der Waals surface area contributed by atoms with Gasteiger partial charge in [-0.05, 0) is 42.3 Å². The second-order valence-corrected chi connectivity index (χ2v) is 5.71. The van der Waals surface area contributed by atoms with E-state index in [9.17, 15) is 14.4 Å². The lowest BCUT2D eigenvalue weighted by Crippen LogP contribution is -2.28. The van der Waals surface area contributed by atoms with E-state index in [-0.39, 0.29) is 36.2 Å². The fraction of sp³-hybridized carbons (Fsp3) is 0.222. The number of ether oxygens (including phenoxy) is 1. The van der Waals surface area contributed by atoms with Gasteiger partial charge in [0.15, 0.2) is 0 Å². The summed E-state index contributed by atoms with van der Waals surface area (Å²) in [6, 6.07) is 8.13. The first-order chi connectivity index (χ1) is 12.5. The van der Waals surface area contributed by atoms with Crippen LogP contribution in [0.3, 0.4) is 0 Å². The first kappa shape index (κ1) is 17.4. The van der Waals surface area contributed by atoms with Crippen LogP contribution >= 0.6 is 0 Å². The van der Waals surface area contributed by atoms with E-state index in [0.29, 0.717) is 18.6 Å². The Hall–Kier alpha value is -3.42. The van der Waals surface area contributed by atoms with Gasteiger partial charge in [0.2, 0.25) is 5.91 Å². The Morgan fingerprint density at radius 3 is 2.81 bits per heavy atom. The van der Waals surface area contributed by atoms with Crippen molar-refractivity contribution in [3.05, 3.63) is 53.3 Å². The molecule has 8 heteroatoms. The van der Waals surface area contributed by atoms with Crippen LogP contribution in [-0.2, 0) is 11.2 Å². The standard InChI is InChI=1S/C18H17N3O5/c22-16-6-2-11-9-13(3-5-14(11)21-16)26-8-7-19-17(23)12-1-4-15(18(24)25)20-10-12/h1,3-5,9-10H,2,6-8H2,(H,19,23)(H,21,22)(H,24,25). The van der Waals surface area contributed by atoms with Gasteiger partial charge in [0.25, 0.3) is 5.91 Å². The molecule has 3 rings (SSSR count). The van der Waals surface area contributed by atoms with Gasteiger partial charge in [-0.3, -0.25) is 9.59 Å². The molecule has 1 aliphatic heterocycles. The summed E-state index contributed by atoms with van der Waals surface area (Å²) >= 11 is 0. The minimum absolute atomic E-state index is 0.0137. The molecule has 2 aromatic rings. The van der Waals surface area contributed by atoms with Crippen LogP contribution < -0.4 is 15.4 Å². The van der Waals surface area contributed by atoms with E-state index >= 15 is 0 Å². The molecular formula is C18H17N3O5. The second kappa shape index (κ2) is 7.64. The SMILES string of the molecule is O=C1CCc2cc(OCCNC(=O)c3ccc(C(=O)O)nc3)ccc2N1. The molecule has 0 aliphatic carbocycles. The monoisotopic (exact) mass is 355 g/mol. The zero-order chi connectivity index (χ0) is 18.5. The number of carbonyl (C=O) groups excluding carboxylic acids is 2. The molecule has 0 spiro atoms. The Morgan fingerprint density at radius 2 is 2.08 bits per heavy atom. The van der Waals surface area contributed by atoms with Crippen LogP contribution in [0.15, 0.2) is 36.5 Å². The normalized spacial score (nSPS) is 12.7. The summed E-state index contributed by atoms with van der Waals surface area (Å²) in [5, 5.41) is 14.3. The lowest BCUT2D eigenvalue weighted by Gasteiger charge is -2.17. The third kappa shape index (κ3) is 4.15. The summed E-state index contributed by atoms with van der Waals surface area (Å²) in [6.07, 6.45) is 2.35. The predicted octanol–water partition coefficient (Wildman–Crippen LogP) is 1.47. The molecular weight excluding hydrogens is 338 g/mol. The number of amides is 2. The van der Waals surface area contributed by atoms with Gasteiger partial charge in [-0.1, -0.05) is 0 Å². The van der Waals surface area contributed by atoms with E-state index in [1.807, 2.05) is 6.07 Å². The third-order valence-corrected chi connectivity index (χ3v) is 3.87. The highest BCUT2D eigenvalue weighted by Crippen LogP contribution is 2.26. The number of benzene rings is 1. The zero-order valence-corrected chi connectivity index (χ0v) is 13.8. The van der Waals surface area contributed by atoms with Crippen molar-refractivity contribution in [3.63, 3.8) is 0 Å². The molecule has 0 saturated carbocycles. The van der Waals surface area contributed by atoms with E-state index in [1.165, 1.54) is 18.3 Å². The van der Waals surface area contributed by atoms with Crippen LogP contribution in [0.5, 0.6) is 5.75 Å². The summed E-state index contributed by atoms with van der Waals surface area (Å²) < 4.78 is 5.62. The van der Waals surface area contributed by atoms with E-state index in [1.54, 1.807) is 12.1 Å². The molecule has 1 aromatic carbocycles. The predicted molar refractivity (Wildman–Crippen MR) is 92.4 cm³/mol. The lowest BCUT2D eigenvalue weighted by molar-refractivity contribution is -0.116. The molecule has 2 amide bonds. The smallest absolute Gasteiger partial charge is 0.354 e. The number of carboxylic acid groups (broad SMARTS) is 1. The molecule has 26 heavy (non-hydrogen) atoms. The summed E-state index contributed by atoms with van der Waals surface area (Å²) in [7, 11) is 0. The van der Waals surface area contributed by atoms with Crippen LogP contribution in [0.25, 0.3) is 0 Å². The van der Waals surface area contributed by atoms with Crippen LogP contribution in [0.2, 0.25) is 0 Å². The third-order valence-electron chi connectivity index (χ3n) is 3.87. The molecule has 3 N–H and O–H groups in total. The van der Waals surface area contributed by atoms with Gasteiger partial charge < -0.3 is 20.5 Å². The highest BCUT2D eigenvalue weighted by Gasteiger charge is 2.15. The number of fused-ring (bicyclic) bond motifs is 1. The van der Waals surface area contributed by atoms with Crippen molar-refractivity contribution >= 4 is 23.5 Å². The van der Waals surface area contributed by atoms with Gasteiger partial charge in [-0.15, -0.1) is 0 Å². The van der Waals surface area contributed by atoms with Gasteiger partial charge in [-0.2, -0.15) is 0 Å². The number of hydrogen-bond donors (Lipinski definition) is 3. The van der Waals surface area contributed by atoms with Crippen molar-refractivity contribution in [3.8, 4) is 5.75 Å². The lowest BCUT2D eigenvalue weighted by atomic mass is 10.0. The van der Waals surface area contributed by atoms with Crippen molar-refractivity contribution in [2.45, 2.75) is 12.8 Å². The van der Waals surface area contributed by atoms with Crippen LogP contribution in [0.4, 0.5) is 5.69 Å². The Labute approximate surface area is 149 Å². The molecule has 0 fully saturated rings. The van der Waals surface area contributed by atoms with Crippen molar-refractivity contribution in [1.82, 2.24) is 10.3 Å². The minimum Gasteiger partial charge on any atom is -0.492 e. The minimum atomic E-state index is -1.14. The number of hydrogen-bond acceptors (Lipinski definition) is 5. The van der Waals surface area contributed by atoms with Crippen molar-refractivity contribution in [2.75, 3.05) is 18.5 Å². The number of pyridine rings is 1. The Morgan fingerprint density at radius 1 is 1.23 bits per heavy atom. The second-order valence-electron chi connectivity index (χ2n) is 5.71. The summed E-state index contributed by atoms with van der Waals surface area (Å²) in [6.45, 7) is 0.560. The number of carbonyl (C=O) groups is 3. The largest absolute Gasteiger partial charge is 0.492 e. The van der Waals surface area contributed by atoms with Crippen molar-refractivity contribution < 1.29 is 24.2 Å². The maximum atomic E-state index is 12.0. The maximum absolute atomic E-state index is 12.0. The number of anilines is 1. The topological polar surface area (TPSA) is 118 Å². The van der Waals surface area contributed by atoms with E-state index in [0.717, 1.165) is 11.3 Å². The van der Waals surface area contributed by atoms with E-state index < -0.39 is 5.97 Å². The molecule has 0 radical (unpaired) electrons. The van der Waals surface area contributed by atoms with Gasteiger partial charge in [-0.25, -0.2) is 9.78 Å². The van der Waals surface area contributed by atoms with Gasteiger partial charge >= 0.3 is 5.97 Å². The van der Waals surface area contributed by atoms with Crippen molar-refractivity contribution in [2.24, 2.45) is 0 Å². The average molecular weight is 355 g/mol. The fourth-order valence-electron chi connectivity index (χ4n) is 2.54. The molecule has 1 aliphatic rings. The molecule has 0 saturated heterocycles. The molecule has 0 bridgehead atoms. The number of carboxylic acids is 1.